The van der Waals surface area contributed by atoms with E-state index < -0.39 is 0 Å². The highest BCUT2D eigenvalue weighted by Gasteiger charge is 2.10. The fourth-order valence-corrected chi connectivity index (χ4v) is 1.04. The van der Waals surface area contributed by atoms with E-state index in [1.54, 1.807) is 35.4 Å². The van der Waals surface area contributed by atoms with Gasteiger partial charge in [-0.2, -0.15) is 0 Å². The average Bonchev–Trinajstić information content (AvgIpc) is 2.26. The Balaban J connectivity index is 2.54. The lowest BCUT2D eigenvalue weighted by atomic mass is 10.4. The SMILES string of the molecule is CN(C)NCC(=O)N(C)c1cccnc1. The lowest BCUT2D eigenvalue weighted by Crippen LogP contribution is -2.41. The third kappa shape index (κ3) is 3.65. The molecule has 5 heteroatoms. The summed E-state index contributed by atoms with van der Waals surface area (Å²) in [5.41, 5.74) is 3.71. The van der Waals surface area contributed by atoms with Crippen LogP contribution >= 0.6 is 0 Å². The highest BCUT2D eigenvalue weighted by molar-refractivity contribution is 5.93. The van der Waals surface area contributed by atoms with E-state index in [4.69, 9.17) is 0 Å². The Kier molecular flexibility index (Phi) is 4.20. The minimum atomic E-state index is -0.00306. The number of nitrogens with zero attached hydrogens (tertiary/aromatic N) is 3. The molecule has 82 valence electrons. The molecule has 0 aliphatic rings. The number of hydrogen-bond acceptors (Lipinski definition) is 4. The van der Waals surface area contributed by atoms with Crippen LogP contribution in [0.15, 0.2) is 24.5 Å². The van der Waals surface area contributed by atoms with E-state index in [9.17, 15) is 4.79 Å². The molecule has 0 unspecified atom stereocenters. The maximum absolute atomic E-state index is 11.7. The molecule has 0 fully saturated rings. The zero-order valence-electron chi connectivity index (χ0n) is 9.27. The molecule has 0 saturated carbocycles. The molecule has 1 aromatic heterocycles. The van der Waals surface area contributed by atoms with Crippen molar-refractivity contribution in [3.63, 3.8) is 0 Å². The smallest absolute Gasteiger partial charge is 0.242 e. The van der Waals surface area contributed by atoms with E-state index in [-0.39, 0.29) is 12.5 Å². The number of likely N-dealkylation sites (N-methyl/N-ethyl adjacent to an activating group) is 1. The summed E-state index contributed by atoms with van der Waals surface area (Å²) in [5, 5.41) is 1.75. The van der Waals surface area contributed by atoms with Gasteiger partial charge in [0.2, 0.25) is 5.91 Å². The van der Waals surface area contributed by atoms with Gasteiger partial charge in [-0.05, 0) is 12.1 Å². The zero-order valence-corrected chi connectivity index (χ0v) is 9.27. The normalized spacial score (nSPS) is 10.4. The zero-order chi connectivity index (χ0) is 11.3. The predicted molar refractivity (Wildman–Crippen MR) is 59.3 cm³/mol. The van der Waals surface area contributed by atoms with Crippen molar-refractivity contribution < 1.29 is 4.79 Å². The van der Waals surface area contributed by atoms with Crippen molar-refractivity contribution in [3.8, 4) is 0 Å². The minimum absolute atomic E-state index is 0.00306. The van der Waals surface area contributed by atoms with E-state index in [0.717, 1.165) is 5.69 Å². The van der Waals surface area contributed by atoms with E-state index in [1.807, 2.05) is 20.2 Å². The third-order valence-electron chi connectivity index (χ3n) is 1.95. The van der Waals surface area contributed by atoms with Gasteiger partial charge in [-0.25, -0.2) is 5.43 Å². The Hall–Kier alpha value is -1.46. The molecule has 0 radical (unpaired) electrons. The highest BCUT2D eigenvalue weighted by atomic mass is 16.2. The maximum Gasteiger partial charge on any atom is 0.242 e. The molecule has 0 aliphatic carbocycles. The van der Waals surface area contributed by atoms with Crippen LogP contribution < -0.4 is 10.3 Å². The van der Waals surface area contributed by atoms with Crippen LogP contribution in [0, 0.1) is 0 Å². The number of nitrogens with one attached hydrogen (secondary N) is 1. The molecule has 1 aromatic rings. The molecule has 0 spiro atoms. The average molecular weight is 208 g/mol. The second-order valence-electron chi connectivity index (χ2n) is 3.39. The molecule has 0 bridgehead atoms. The number of amides is 1. The van der Waals surface area contributed by atoms with Crippen molar-refractivity contribution in [2.45, 2.75) is 0 Å². The van der Waals surface area contributed by atoms with Gasteiger partial charge in [-0.3, -0.25) is 14.8 Å². The first-order valence-corrected chi connectivity index (χ1v) is 4.68. The van der Waals surface area contributed by atoms with Gasteiger partial charge in [0, 0.05) is 27.3 Å². The molecule has 0 saturated heterocycles. The summed E-state index contributed by atoms with van der Waals surface area (Å²) in [4.78, 5) is 17.2. The summed E-state index contributed by atoms with van der Waals surface area (Å²) in [5.74, 6) is -0.00306. The number of hydrazine groups is 1. The van der Waals surface area contributed by atoms with Gasteiger partial charge in [0.05, 0.1) is 18.4 Å². The first-order chi connectivity index (χ1) is 7.11. The van der Waals surface area contributed by atoms with Gasteiger partial charge in [0.1, 0.15) is 0 Å². The van der Waals surface area contributed by atoms with E-state index in [1.165, 1.54) is 0 Å². The summed E-state index contributed by atoms with van der Waals surface area (Å²) in [6.45, 7) is 0.276. The summed E-state index contributed by atoms with van der Waals surface area (Å²) in [7, 11) is 5.42. The van der Waals surface area contributed by atoms with Gasteiger partial charge in [-0.15, -0.1) is 0 Å². The summed E-state index contributed by atoms with van der Waals surface area (Å²) < 4.78 is 0. The van der Waals surface area contributed by atoms with Crippen LogP contribution in [0.2, 0.25) is 0 Å². The molecule has 0 atom stereocenters. The number of hydrogen-bond donors (Lipinski definition) is 1. The van der Waals surface area contributed by atoms with Crippen LogP contribution in [0.3, 0.4) is 0 Å². The van der Waals surface area contributed by atoms with Gasteiger partial charge in [0.25, 0.3) is 0 Å². The molecule has 15 heavy (non-hydrogen) atoms. The highest BCUT2D eigenvalue weighted by Crippen LogP contribution is 2.08. The van der Waals surface area contributed by atoms with E-state index in [2.05, 4.69) is 10.4 Å². The first-order valence-electron chi connectivity index (χ1n) is 4.68. The number of aromatic nitrogens is 1. The largest absolute Gasteiger partial charge is 0.313 e. The number of carbonyl (C=O) groups is 1. The van der Waals surface area contributed by atoms with Crippen molar-refractivity contribution >= 4 is 11.6 Å². The van der Waals surface area contributed by atoms with Gasteiger partial charge >= 0.3 is 0 Å². The van der Waals surface area contributed by atoms with Crippen molar-refractivity contribution in [2.75, 3.05) is 32.6 Å². The maximum atomic E-state index is 11.7. The number of rotatable bonds is 4. The van der Waals surface area contributed by atoms with Crippen molar-refractivity contribution in [1.29, 1.82) is 0 Å². The van der Waals surface area contributed by atoms with E-state index in [0.29, 0.717) is 0 Å². The number of carbonyl (C=O) groups excluding carboxylic acids is 1. The fraction of sp³-hybridized carbons (Fsp3) is 0.400. The standard InChI is InChI=1S/C10H16N4O/c1-13(2)12-8-10(15)14(3)9-5-4-6-11-7-9/h4-7,12H,8H2,1-3H3. The number of anilines is 1. The third-order valence-corrected chi connectivity index (χ3v) is 1.95. The summed E-state index contributed by atoms with van der Waals surface area (Å²) in [6, 6.07) is 3.65. The van der Waals surface area contributed by atoms with Crippen LogP contribution in [0.5, 0.6) is 0 Å². The van der Waals surface area contributed by atoms with Crippen molar-refractivity contribution in [1.82, 2.24) is 15.4 Å². The predicted octanol–water partition coefficient (Wildman–Crippen LogP) is 0.111. The Morgan fingerprint density at radius 3 is 2.73 bits per heavy atom. The first kappa shape index (κ1) is 11.6. The second kappa shape index (κ2) is 5.43. The summed E-state index contributed by atoms with van der Waals surface area (Å²) in [6.07, 6.45) is 3.34. The monoisotopic (exact) mass is 208 g/mol. The van der Waals surface area contributed by atoms with Gasteiger partial charge < -0.3 is 4.90 Å². The molecule has 5 nitrogen and oxygen atoms in total. The number of pyridine rings is 1. The lowest BCUT2D eigenvalue weighted by molar-refractivity contribution is -0.118. The Morgan fingerprint density at radius 2 is 2.20 bits per heavy atom. The Morgan fingerprint density at radius 1 is 1.47 bits per heavy atom. The van der Waals surface area contributed by atoms with Crippen LogP contribution in [-0.4, -0.2) is 43.6 Å². The molecule has 0 aliphatic heterocycles. The second-order valence-corrected chi connectivity index (χ2v) is 3.39. The van der Waals surface area contributed by atoms with Gasteiger partial charge in [0.15, 0.2) is 0 Å². The summed E-state index contributed by atoms with van der Waals surface area (Å²) >= 11 is 0. The van der Waals surface area contributed by atoms with Gasteiger partial charge in [-0.1, -0.05) is 0 Å². The van der Waals surface area contributed by atoms with Crippen molar-refractivity contribution in [3.05, 3.63) is 24.5 Å². The molecular formula is C10H16N4O. The quantitative estimate of drug-likeness (QED) is 0.713. The molecule has 1 amide bonds. The van der Waals surface area contributed by atoms with Crippen LogP contribution in [0.4, 0.5) is 5.69 Å². The lowest BCUT2D eigenvalue weighted by Gasteiger charge is -2.18. The Bertz CT molecular complexity index is 312. The molecule has 1 N–H and O–H groups in total. The molecular weight excluding hydrogens is 192 g/mol. The van der Waals surface area contributed by atoms with E-state index >= 15 is 0 Å². The molecule has 1 heterocycles. The minimum Gasteiger partial charge on any atom is -0.313 e. The fourth-order valence-electron chi connectivity index (χ4n) is 1.04. The Labute approximate surface area is 89.7 Å². The van der Waals surface area contributed by atoms with Crippen LogP contribution in [-0.2, 0) is 4.79 Å². The van der Waals surface area contributed by atoms with Crippen LogP contribution in [0.1, 0.15) is 0 Å². The molecule has 1 rings (SSSR count). The molecule has 0 aromatic carbocycles. The topological polar surface area (TPSA) is 48.5 Å². The van der Waals surface area contributed by atoms with Crippen LogP contribution in [0.25, 0.3) is 0 Å². The van der Waals surface area contributed by atoms with Crippen molar-refractivity contribution in [2.24, 2.45) is 0 Å².